The van der Waals surface area contributed by atoms with Gasteiger partial charge in [-0.1, -0.05) is 24.3 Å². The van der Waals surface area contributed by atoms with E-state index in [1.807, 2.05) is 24.3 Å². The zero-order chi connectivity index (χ0) is 9.97. The number of ether oxygens (including phenoxy) is 1. The van der Waals surface area contributed by atoms with Crippen LogP contribution in [0.25, 0.3) is 0 Å². The zero-order valence-electron chi connectivity index (χ0n) is 7.89. The van der Waals surface area contributed by atoms with Gasteiger partial charge in [-0.15, -0.1) is 0 Å². The van der Waals surface area contributed by atoms with Gasteiger partial charge in [0.15, 0.2) is 0 Å². The molecule has 1 aliphatic rings. The van der Waals surface area contributed by atoms with Gasteiger partial charge in [-0.2, -0.15) is 0 Å². The molecule has 2 N–H and O–H groups in total. The maximum atomic E-state index is 9.75. The molecule has 0 bridgehead atoms. The number of aliphatic hydroxyl groups excluding tert-OH is 2. The molecule has 0 spiro atoms. The highest BCUT2D eigenvalue weighted by atomic mass is 16.6. The lowest BCUT2D eigenvalue weighted by Gasteiger charge is -2.09. The zero-order valence-corrected chi connectivity index (χ0v) is 7.89. The highest BCUT2D eigenvalue weighted by molar-refractivity contribution is 5.23. The molecule has 0 saturated carbocycles. The first kappa shape index (κ1) is 9.65. The van der Waals surface area contributed by atoms with Crippen molar-refractivity contribution in [3.8, 4) is 0 Å². The number of aliphatic hydroxyl groups is 2. The van der Waals surface area contributed by atoms with Crippen LogP contribution in [0.5, 0.6) is 0 Å². The standard InChI is InChI=1S/C11H14O3/c12-6-8-1-3-9(4-2-8)11(13)5-10-7-14-10/h1-4,10-13H,5-7H2/t10-,11+/m1/s1. The Hall–Kier alpha value is -0.900. The van der Waals surface area contributed by atoms with Crippen LogP contribution < -0.4 is 0 Å². The van der Waals surface area contributed by atoms with Crippen molar-refractivity contribution in [3.05, 3.63) is 35.4 Å². The highest BCUT2D eigenvalue weighted by Gasteiger charge is 2.26. The molecule has 2 atom stereocenters. The predicted molar refractivity (Wildman–Crippen MR) is 51.7 cm³/mol. The van der Waals surface area contributed by atoms with Crippen molar-refractivity contribution < 1.29 is 14.9 Å². The molecule has 1 fully saturated rings. The molecular weight excluding hydrogens is 180 g/mol. The molecule has 76 valence electrons. The topological polar surface area (TPSA) is 53.0 Å². The van der Waals surface area contributed by atoms with Gasteiger partial charge in [0.25, 0.3) is 0 Å². The Morgan fingerprint density at radius 1 is 1.36 bits per heavy atom. The molecule has 0 amide bonds. The lowest BCUT2D eigenvalue weighted by atomic mass is 10.0. The molecule has 0 aromatic heterocycles. The Kier molecular flexibility index (Phi) is 2.82. The second-order valence-electron chi connectivity index (χ2n) is 3.61. The quantitative estimate of drug-likeness (QED) is 0.703. The first-order valence-electron chi connectivity index (χ1n) is 4.79. The number of epoxide rings is 1. The van der Waals surface area contributed by atoms with Gasteiger partial charge in [-0.3, -0.25) is 0 Å². The van der Waals surface area contributed by atoms with E-state index in [1.165, 1.54) is 0 Å². The van der Waals surface area contributed by atoms with E-state index < -0.39 is 6.10 Å². The van der Waals surface area contributed by atoms with Gasteiger partial charge >= 0.3 is 0 Å². The maximum absolute atomic E-state index is 9.75. The van der Waals surface area contributed by atoms with E-state index >= 15 is 0 Å². The average Bonchev–Trinajstić information content (AvgIpc) is 3.02. The van der Waals surface area contributed by atoms with Gasteiger partial charge in [0.05, 0.1) is 25.4 Å². The van der Waals surface area contributed by atoms with Crippen LogP contribution in [0.2, 0.25) is 0 Å². The number of hydrogen-bond acceptors (Lipinski definition) is 3. The normalized spacial score (nSPS) is 22.0. The van der Waals surface area contributed by atoms with Crippen molar-refractivity contribution in [2.45, 2.75) is 25.2 Å². The third-order valence-corrected chi connectivity index (χ3v) is 2.44. The Morgan fingerprint density at radius 3 is 2.50 bits per heavy atom. The van der Waals surface area contributed by atoms with Crippen molar-refractivity contribution in [1.82, 2.24) is 0 Å². The molecule has 3 heteroatoms. The molecule has 3 nitrogen and oxygen atoms in total. The minimum absolute atomic E-state index is 0.0438. The molecule has 1 aromatic carbocycles. The SMILES string of the molecule is OCc1ccc([C@@H](O)C[C@@H]2CO2)cc1. The summed E-state index contributed by atoms with van der Waals surface area (Å²) < 4.78 is 5.05. The van der Waals surface area contributed by atoms with Gasteiger partial charge in [-0.05, 0) is 11.1 Å². The summed E-state index contributed by atoms with van der Waals surface area (Å²) in [6, 6.07) is 7.34. The van der Waals surface area contributed by atoms with E-state index in [0.717, 1.165) is 17.7 Å². The third kappa shape index (κ3) is 2.32. The van der Waals surface area contributed by atoms with Crippen molar-refractivity contribution >= 4 is 0 Å². The molecular formula is C11H14O3. The van der Waals surface area contributed by atoms with E-state index in [2.05, 4.69) is 0 Å². The smallest absolute Gasteiger partial charge is 0.0837 e. The van der Waals surface area contributed by atoms with E-state index in [-0.39, 0.29) is 12.7 Å². The van der Waals surface area contributed by atoms with Crippen molar-refractivity contribution in [1.29, 1.82) is 0 Å². The molecule has 14 heavy (non-hydrogen) atoms. The summed E-state index contributed by atoms with van der Waals surface area (Å²) in [5.41, 5.74) is 1.75. The molecule has 0 radical (unpaired) electrons. The van der Waals surface area contributed by atoms with Crippen LogP contribution in [0.3, 0.4) is 0 Å². The van der Waals surface area contributed by atoms with E-state index in [9.17, 15) is 5.11 Å². The largest absolute Gasteiger partial charge is 0.392 e. The summed E-state index contributed by atoms with van der Waals surface area (Å²) in [6.07, 6.45) is 0.455. The molecule has 2 rings (SSSR count). The van der Waals surface area contributed by atoms with Crippen LogP contribution in [0.4, 0.5) is 0 Å². The summed E-state index contributed by atoms with van der Waals surface area (Å²) in [4.78, 5) is 0. The Balaban J connectivity index is 1.99. The fourth-order valence-corrected chi connectivity index (χ4v) is 1.43. The van der Waals surface area contributed by atoms with Crippen molar-refractivity contribution in [3.63, 3.8) is 0 Å². The highest BCUT2D eigenvalue weighted by Crippen LogP contribution is 2.25. The van der Waals surface area contributed by atoms with Gasteiger partial charge in [0.2, 0.25) is 0 Å². The molecule has 1 heterocycles. The summed E-state index contributed by atoms with van der Waals surface area (Å²) in [7, 11) is 0. The van der Waals surface area contributed by atoms with Gasteiger partial charge in [-0.25, -0.2) is 0 Å². The lowest BCUT2D eigenvalue weighted by Crippen LogP contribution is -2.01. The van der Waals surface area contributed by atoms with Crippen molar-refractivity contribution in [2.24, 2.45) is 0 Å². The van der Waals surface area contributed by atoms with Crippen LogP contribution >= 0.6 is 0 Å². The number of rotatable bonds is 4. The number of benzene rings is 1. The van der Waals surface area contributed by atoms with Crippen LogP contribution in [-0.2, 0) is 11.3 Å². The van der Waals surface area contributed by atoms with Crippen LogP contribution in [0.1, 0.15) is 23.7 Å². The average molecular weight is 194 g/mol. The fourth-order valence-electron chi connectivity index (χ4n) is 1.43. The molecule has 0 unspecified atom stereocenters. The molecule has 1 aromatic rings. The number of hydrogen-bond donors (Lipinski definition) is 2. The van der Waals surface area contributed by atoms with Gasteiger partial charge in [0, 0.05) is 6.42 Å². The Morgan fingerprint density at radius 2 is 2.00 bits per heavy atom. The van der Waals surface area contributed by atoms with E-state index in [4.69, 9.17) is 9.84 Å². The molecule has 0 aliphatic carbocycles. The first-order valence-corrected chi connectivity index (χ1v) is 4.79. The van der Waals surface area contributed by atoms with Gasteiger partial charge in [0.1, 0.15) is 0 Å². The second kappa shape index (κ2) is 4.09. The molecule has 1 saturated heterocycles. The summed E-state index contributed by atoms with van der Waals surface area (Å²) in [6.45, 7) is 0.813. The van der Waals surface area contributed by atoms with E-state index in [0.29, 0.717) is 6.42 Å². The van der Waals surface area contributed by atoms with Gasteiger partial charge < -0.3 is 14.9 Å². The minimum atomic E-state index is -0.449. The molecule has 1 aliphatic heterocycles. The monoisotopic (exact) mass is 194 g/mol. The van der Waals surface area contributed by atoms with Crippen LogP contribution in [-0.4, -0.2) is 22.9 Å². The maximum Gasteiger partial charge on any atom is 0.0837 e. The summed E-state index contributed by atoms with van der Waals surface area (Å²) >= 11 is 0. The Bertz CT molecular complexity index is 290. The first-order chi connectivity index (χ1) is 6.79. The lowest BCUT2D eigenvalue weighted by molar-refractivity contribution is 0.154. The predicted octanol–water partition coefficient (Wildman–Crippen LogP) is 1.00. The third-order valence-electron chi connectivity index (χ3n) is 2.44. The van der Waals surface area contributed by atoms with E-state index in [1.54, 1.807) is 0 Å². The summed E-state index contributed by atoms with van der Waals surface area (Å²) in [5.74, 6) is 0. The fraction of sp³-hybridized carbons (Fsp3) is 0.455. The summed E-state index contributed by atoms with van der Waals surface area (Å²) in [5, 5.41) is 18.6. The van der Waals surface area contributed by atoms with Crippen molar-refractivity contribution in [2.75, 3.05) is 6.61 Å². The second-order valence-corrected chi connectivity index (χ2v) is 3.61. The van der Waals surface area contributed by atoms with Crippen LogP contribution in [0, 0.1) is 0 Å². The van der Waals surface area contributed by atoms with Crippen LogP contribution in [0.15, 0.2) is 24.3 Å². The Labute approximate surface area is 83.0 Å². The minimum Gasteiger partial charge on any atom is -0.392 e.